The van der Waals surface area contributed by atoms with Gasteiger partial charge in [-0.25, -0.2) is 0 Å². The van der Waals surface area contributed by atoms with Crippen molar-refractivity contribution in [1.82, 2.24) is 0 Å². The van der Waals surface area contributed by atoms with Crippen molar-refractivity contribution in [3.8, 4) is 0 Å². The van der Waals surface area contributed by atoms with Crippen molar-refractivity contribution in [3.05, 3.63) is 29.8 Å². The second-order valence-electron chi connectivity index (χ2n) is 11.0. The second kappa shape index (κ2) is 30.5. The third-order valence-corrected chi connectivity index (χ3v) is 8.35. The van der Waals surface area contributed by atoms with Crippen LogP contribution in [-0.4, -0.2) is 94.3 Å². The van der Waals surface area contributed by atoms with Gasteiger partial charge in [0.2, 0.25) is 0 Å². The van der Waals surface area contributed by atoms with Crippen LogP contribution in [0, 0.1) is 6.92 Å². The Morgan fingerprint density at radius 3 is 1.14 bits per heavy atom. The zero-order valence-corrected chi connectivity index (χ0v) is 28.6. The van der Waals surface area contributed by atoms with E-state index < -0.39 is 10.1 Å². The largest absolute Gasteiger partial charge is 0.379 e. The van der Waals surface area contributed by atoms with Gasteiger partial charge < -0.3 is 28.4 Å². The number of hydrogen-bond donors (Lipinski definition) is 0. The molecule has 0 radical (unpaired) electrons. The van der Waals surface area contributed by atoms with Gasteiger partial charge in [-0.1, -0.05) is 102 Å². The Hall–Kier alpha value is -1.11. The highest BCUT2D eigenvalue weighted by molar-refractivity contribution is 7.86. The Kier molecular flexibility index (Phi) is 28.4. The van der Waals surface area contributed by atoms with Crippen LogP contribution in [0.15, 0.2) is 29.2 Å². The summed E-state index contributed by atoms with van der Waals surface area (Å²) in [5, 5.41) is 0. The lowest BCUT2D eigenvalue weighted by Gasteiger charge is -2.09. The molecule has 0 fully saturated rings. The maximum Gasteiger partial charge on any atom is 0.297 e. The summed E-state index contributed by atoms with van der Waals surface area (Å²) in [7, 11) is -3.76. The quantitative estimate of drug-likeness (QED) is 0.0585. The molecule has 0 unspecified atom stereocenters. The molecule has 0 saturated heterocycles. The molecule has 0 aliphatic heterocycles. The minimum absolute atomic E-state index is 0.0440. The van der Waals surface area contributed by atoms with Gasteiger partial charge in [-0.3, -0.25) is 4.18 Å². The van der Waals surface area contributed by atoms with Gasteiger partial charge in [0.05, 0.1) is 84.2 Å². The fraction of sp³-hybridized carbons (Fsp3) is 0.824. The van der Waals surface area contributed by atoms with E-state index in [1.807, 2.05) is 6.92 Å². The Morgan fingerprint density at radius 1 is 0.432 bits per heavy atom. The molecule has 44 heavy (non-hydrogen) atoms. The fourth-order valence-electron chi connectivity index (χ4n) is 4.40. The summed E-state index contributed by atoms with van der Waals surface area (Å²) < 4.78 is 62.1. The number of aryl methyl sites for hydroxylation is 1. The molecule has 10 heteroatoms. The Labute approximate surface area is 268 Å². The van der Waals surface area contributed by atoms with Crippen molar-refractivity contribution in [2.75, 3.05) is 85.9 Å². The van der Waals surface area contributed by atoms with Gasteiger partial charge in [0.15, 0.2) is 0 Å². The minimum Gasteiger partial charge on any atom is -0.379 e. The molecule has 0 amide bonds. The van der Waals surface area contributed by atoms with E-state index in [0.717, 1.165) is 18.6 Å². The number of rotatable bonds is 34. The van der Waals surface area contributed by atoms with Crippen LogP contribution >= 0.6 is 0 Å². The molecule has 0 heterocycles. The molecular weight excluding hydrogens is 584 g/mol. The van der Waals surface area contributed by atoms with Crippen LogP contribution in [0.1, 0.15) is 96.0 Å². The highest BCUT2D eigenvalue weighted by Gasteiger charge is 2.14. The van der Waals surface area contributed by atoms with Gasteiger partial charge >= 0.3 is 0 Å². The van der Waals surface area contributed by atoms with Gasteiger partial charge in [-0.15, -0.1) is 0 Å². The lowest BCUT2D eigenvalue weighted by molar-refractivity contribution is -0.0178. The number of ether oxygens (including phenoxy) is 6. The molecule has 258 valence electrons. The van der Waals surface area contributed by atoms with Crippen molar-refractivity contribution in [1.29, 1.82) is 0 Å². The maximum atomic E-state index is 12.1. The number of unbranched alkanes of at least 4 members (excludes halogenated alkanes) is 12. The summed E-state index contributed by atoms with van der Waals surface area (Å²) in [6, 6.07) is 6.52. The van der Waals surface area contributed by atoms with E-state index in [4.69, 9.17) is 32.6 Å². The Balaban J connectivity index is 1.69. The molecule has 0 spiro atoms. The molecular formula is C34H62O9S. The van der Waals surface area contributed by atoms with Crippen LogP contribution in [0.25, 0.3) is 0 Å². The summed E-state index contributed by atoms with van der Waals surface area (Å²) in [5.41, 5.74) is 0.985. The molecule has 0 aliphatic rings. The SMILES string of the molecule is CCCCCCCCCCCCCCCOCCOCCOCCOCCOCCOCCOS(=O)(=O)c1ccc(C)cc1. The molecule has 0 bridgehead atoms. The highest BCUT2D eigenvalue weighted by atomic mass is 32.2. The van der Waals surface area contributed by atoms with Gasteiger partial charge in [0.25, 0.3) is 10.1 Å². The van der Waals surface area contributed by atoms with Crippen LogP contribution < -0.4 is 0 Å². The molecule has 0 saturated carbocycles. The molecule has 0 aliphatic carbocycles. The zero-order valence-electron chi connectivity index (χ0n) is 27.8. The molecule has 0 N–H and O–H groups in total. The molecule has 9 nitrogen and oxygen atoms in total. The van der Waals surface area contributed by atoms with Gasteiger partial charge in [-0.2, -0.15) is 8.42 Å². The first kappa shape index (κ1) is 40.9. The lowest BCUT2D eigenvalue weighted by atomic mass is 10.0. The van der Waals surface area contributed by atoms with Crippen molar-refractivity contribution >= 4 is 10.1 Å². The molecule has 0 atom stereocenters. The summed E-state index contributed by atoms with van der Waals surface area (Å²) in [6.45, 7) is 10.1. The topological polar surface area (TPSA) is 98.8 Å². The van der Waals surface area contributed by atoms with Crippen LogP contribution in [0.4, 0.5) is 0 Å². The predicted molar refractivity (Wildman–Crippen MR) is 175 cm³/mol. The van der Waals surface area contributed by atoms with Gasteiger partial charge in [0.1, 0.15) is 0 Å². The average molecular weight is 647 g/mol. The lowest BCUT2D eigenvalue weighted by Crippen LogP contribution is -2.15. The first-order valence-electron chi connectivity index (χ1n) is 17.0. The minimum atomic E-state index is -3.76. The van der Waals surface area contributed by atoms with Crippen LogP contribution in [-0.2, 0) is 42.7 Å². The Morgan fingerprint density at radius 2 is 0.750 bits per heavy atom. The van der Waals surface area contributed by atoms with E-state index >= 15 is 0 Å². The van der Waals surface area contributed by atoms with Gasteiger partial charge in [0, 0.05) is 6.61 Å². The maximum absolute atomic E-state index is 12.1. The van der Waals surface area contributed by atoms with E-state index in [1.165, 1.54) is 89.2 Å². The predicted octanol–water partition coefficient (Wildman–Crippen LogP) is 6.89. The van der Waals surface area contributed by atoms with Crippen molar-refractivity contribution < 1.29 is 41.0 Å². The number of hydrogen-bond acceptors (Lipinski definition) is 9. The van der Waals surface area contributed by atoms with Crippen LogP contribution in [0.2, 0.25) is 0 Å². The summed E-state index contributed by atoms with van der Waals surface area (Å²) in [6.07, 6.45) is 17.7. The number of benzene rings is 1. The molecule has 0 aromatic heterocycles. The van der Waals surface area contributed by atoms with Crippen LogP contribution in [0.5, 0.6) is 0 Å². The molecule has 1 aromatic rings. The van der Waals surface area contributed by atoms with E-state index in [-0.39, 0.29) is 18.1 Å². The van der Waals surface area contributed by atoms with Gasteiger partial charge in [-0.05, 0) is 25.5 Å². The smallest absolute Gasteiger partial charge is 0.297 e. The average Bonchev–Trinajstić information content (AvgIpc) is 3.02. The second-order valence-corrected chi connectivity index (χ2v) is 12.6. The van der Waals surface area contributed by atoms with Crippen LogP contribution in [0.3, 0.4) is 0 Å². The zero-order chi connectivity index (χ0) is 31.8. The summed E-state index contributed by atoms with van der Waals surface area (Å²) >= 11 is 0. The third kappa shape index (κ3) is 26.1. The third-order valence-electron chi connectivity index (χ3n) is 7.03. The Bertz CT molecular complexity index is 834. The van der Waals surface area contributed by atoms with E-state index in [2.05, 4.69) is 6.92 Å². The normalized spacial score (nSPS) is 11.9. The molecule has 1 aromatic carbocycles. The van der Waals surface area contributed by atoms with Crippen molar-refractivity contribution in [3.63, 3.8) is 0 Å². The first-order valence-corrected chi connectivity index (χ1v) is 18.4. The summed E-state index contributed by atoms with van der Waals surface area (Å²) in [5.74, 6) is 0. The molecule has 1 rings (SSSR count). The fourth-order valence-corrected chi connectivity index (χ4v) is 5.29. The standard InChI is InChI=1S/C34H62O9S/c1-3-4-5-6-7-8-9-10-11-12-13-14-15-20-37-21-22-38-23-24-39-25-26-40-27-28-41-29-30-42-31-32-43-44(35,36)34-18-16-33(2)17-19-34/h16-19H,3-15,20-32H2,1-2H3. The van der Waals surface area contributed by atoms with Crippen molar-refractivity contribution in [2.24, 2.45) is 0 Å². The van der Waals surface area contributed by atoms with Crippen molar-refractivity contribution in [2.45, 2.75) is 102 Å². The first-order chi connectivity index (χ1) is 21.6. The highest BCUT2D eigenvalue weighted by Crippen LogP contribution is 2.14. The van der Waals surface area contributed by atoms with E-state index in [9.17, 15) is 8.42 Å². The monoisotopic (exact) mass is 646 g/mol. The summed E-state index contributed by atoms with van der Waals surface area (Å²) in [4.78, 5) is 0.140. The van der Waals surface area contributed by atoms with E-state index in [0.29, 0.717) is 66.1 Å². The van der Waals surface area contributed by atoms with E-state index in [1.54, 1.807) is 12.1 Å².